The van der Waals surface area contributed by atoms with Crippen molar-refractivity contribution in [3.8, 4) is 11.5 Å². The van der Waals surface area contributed by atoms with Gasteiger partial charge in [0.05, 0.1) is 13.2 Å². The molecule has 0 fully saturated rings. The second kappa shape index (κ2) is 8.55. The third kappa shape index (κ3) is 5.56. The molecule has 3 aromatic carbocycles. The smallest absolute Gasteiger partial charge is 0.130 e. The molecule has 0 radical (unpaired) electrons. The van der Waals surface area contributed by atoms with E-state index < -0.39 is 0 Å². The van der Waals surface area contributed by atoms with E-state index in [2.05, 4.69) is 13.8 Å². The molecule has 0 heterocycles. The fourth-order valence-corrected chi connectivity index (χ4v) is 2.92. The molecule has 27 heavy (non-hydrogen) atoms. The summed E-state index contributed by atoms with van der Waals surface area (Å²) in [5.74, 6) is 0.773. The van der Waals surface area contributed by atoms with Crippen LogP contribution < -0.4 is 4.74 Å². The Morgan fingerprint density at radius 1 is 0.889 bits per heavy atom. The van der Waals surface area contributed by atoms with E-state index in [0.29, 0.717) is 29.7 Å². The van der Waals surface area contributed by atoms with Gasteiger partial charge in [0.1, 0.15) is 17.3 Å². The van der Waals surface area contributed by atoms with Gasteiger partial charge in [0.2, 0.25) is 0 Å². The normalized spacial score (nSPS) is 11.4. The molecule has 0 aliphatic rings. The van der Waals surface area contributed by atoms with Crippen LogP contribution in [0.4, 0.5) is 4.39 Å². The Labute approximate surface area is 164 Å². The number of para-hydroxylation sites is 1. The monoisotopic (exact) mass is 384 g/mol. The summed E-state index contributed by atoms with van der Waals surface area (Å²) in [6, 6.07) is 21.7. The molecule has 0 saturated heterocycles. The number of benzene rings is 3. The quantitative estimate of drug-likeness (QED) is 0.447. The topological polar surface area (TPSA) is 18.5 Å². The Bertz CT molecular complexity index is 877. The van der Waals surface area contributed by atoms with Crippen LogP contribution in [0.1, 0.15) is 25.0 Å². The molecule has 0 aliphatic heterocycles. The summed E-state index contributed by atoms with van der Waals surface area (Å²) in [6.45, 7) is 5.01. The van der Waals surface area contributed by atoms with E-state index in [1.54, 1.807) is 6.07 Å². The first-order valence-electron chi connectivity index (χ1n) is 8.78. The fraction of sp³-hybridized carbons (Fsp3) is 0.217. The number of hydrogen-bond donors (Lipinski definition) is 0. The molecule has 0 aromatic heterocycles. The van der Waals surface area contributed by atoms with Crippen molar-refractivity contribution in [3.05, 3.63) is 94.8 Å². The summed E-state index contributed by atoms with van der Waals surface area (Å²) < 4.78 is 25.5. The largest absolute Gasteiger partial charge is 0.457 e. The Morgan fingerprint density at radius 2 is 1.59 bits per heavy atom. The van der Waals surface area contributed by atoms with E-state index in [9.17, 15) is 4.39 Å². The lowest BCUT2D eigenvalue weighted by molar-refractivity contribution is 0.0822. The summed E-state index contributed by atoms with van der Waals surface area (Å²) in [4.78, 5) is 0. The van der Waals surface area contributed by atoms with Crippen molar-refractivity contribution in [1.29, 1.82) is 0 Å². The van der Waals surface area contributed by atoms with Gasteiger partial charge in [0.25, 0.3) is 0 Å². The highest BCUT2D eigenvalue weighted by molar-refractivity contribution is 6.30. The minimum absolute atomic E-state index is 0.179. The molecule has 3 aromatic rings. The second-order valence-electron chi connectivity index (χ2n) is 7.09. The van der Waals surface area contributed by atoms with E-state index in [0.717, 1.165) is 11.1 Å². The van der Waals surface area contributed by atoms with E-state index in [4.69, 9.17) is 21.1 Å². The molecule has 0 unspecified atom stereocenters. The lowest BCUT2D eigenvalue weighted by Crippen LogP contribution is -2.24. The molecule has 2 nitrogen and oxygen atoms in total. The Hall–Kier alpha value is -2.36. The van der Waals surface area contributed by atoms with Crippen molar-refractivity contribution < 1.29 is 13.9 Å². The molecular formula is C23H22ClFO2. The van der Waals surface area contributed by atoms with Crippen molar-refractivity contribution in [1.82, 2.24) is 0 Å². The molecule has 140 valence electrons. The standard InChI is InChI=1S/C23H22ClFO2/c1-23(2,18-8-10-19(24)11-9-18)16-26-15-17-12-20(25)14-22(13-17)27-21-6-4-3-5-7-21/h3-14H,15-16H2,1-2H3. The molecular weight excluding hydrogens is 363 g/mol. The zero-order valence-corrected chi connectivity index (χ0v) is 16.2. The predicted octanol–water partition coefficient (Wildman–Crippen LogP) is 6.77. The first kappa shape index (κ1) is 19.4. The van der Waals surface area contributed by atoms with Gasteiger partial charge in [-0.2, -0.15) is 0 Å². The summed E-state index contributed by atoms with van der Waals surface area (Å²) in [7, 11) is 0. The number of ether oxygens (including phenoxy) is 2. The maximum absolute atomic E-state index is 13.9. The van der Waals surface area contributed by atoms with Gasteiger partial charge in [0, 0.05) is 16.5 Å². The lowest BCUT2D eigenvalue weighted by atomic mass is 9.86. The maximum atomic E-state index is 13.9. The van der Waals surface area contributed by atoms with Crippen LogP contribution in [0.3, 0.4) is 0 Å². The minimum Gasteiger partial charge on any atom is -0.457 e. The van der Waals surface area contributed by atoms with Crippen molar-refractivity contribution in [2.75, 3.05) is 6.61 Å². The van der Waals surface area contributed by atoms with E-state index in [1.165, 1.54) is 12.1 Å². The zero-order valence-electron chi connectivity index (χ0n) is 15.4. The average molecular weight is 385 g/mol. The van der Waals surface area contributed by atoms with Gasteiger partial charge in [0.15, 0.2) is 0 Å². The zero-order chi connectivity index (χ0) is 19.3. The van der Waals surface area contributed by atoms with Crippen LogP contribution in [0.5, 0.6) is 11.5 Å². The van der Waals surface area contributed by atoms with Gasteiger partial charge >= 0.3 is 0 Å². The van der Waals surface area contributed by atoms with Crippen molar-refractivity contribution in [3.63, 3.8) is 0 Å². The fourth-order valence-electron chi connectivity index (χ4n) is 2.80. The van der Waals surface area contributed by atoms with Gasteiger partial charge in [-0.05, 0) is 47.5 Å². The first-order chi connectivity index (χ1) is 12.9. The number of hydrogen-bond acceptors (Lipinski definition) is 2. The van der Waals surface area contributed by atoms with E-state index in [1.807, 2.05) is 54.6 Å². The minimum atomic E-state index is -0.348. The molecule has 3 rings (SSSR count). The van der Waals surface area contributed by atoms with Crippen molar-refractivity contribution in [2.45, 2.75) is 25.9 Å². The Kier molecular flexibility index (Phi) is 6.15. The van der Waals surface area contributed by atoms with Crippen molar-refractivity contribution in [2.24, 2.45) is 0 Å². The van der Waals surface area contributed by atoms with Crippen LogP contribution in [0, 0.1) is 5.82 Å². The number of rotatable bonds is 7. The van der Waals surface area contributed by atoms with Crippen LogP contribution in [0.15, 0.2) is 72.8 Å². The third-order valence-electron chi connectivity index (χ3n) is 4.27. The van der Waals surface area contributed by atoms with Gasteiger partial charge in [-0.1, -0.05) is 55.8 Å². The Balaban J connectivity index is 1.63. The highest BCUT2D eigenvalue weighted by atomic mass is 35.5. The molecule has 0 bridgehead atoms. The third-order valence-corrected chi connectivity index (χ3v) is 4.52. The average Bonchev–Trinajstić information content (AvgIpc) is 2.62. The van der Waals surface area contributed by atoms with Gasteiger partial charge in [-0.25, -0.2) is 4.39 Å². The van der Waals surface area contributed by atoms with Crippen LogP contribution in [0.2, 0.25) is 5.02 Å². The highest BCUT2D eigenvalue weighted by Gasteiger charge is 2.21. The predicted molar refractivity (Wildman–Crippen MR) is 107 cm³/mol. The summed E-state index contributed by atoms with van der Waals surface area (Å²) in [6.07, 6.45) is 0. The lowest BCUT2D eigenvalue weighted by Gasteiger charge is -2.25. The van der Waals surface area contributed by atoms with Crippen molar-refractivity contribution >= 4 is 11.6 Å². The van der Waals surface area contributed by atoms with Crippen LogP contribution in [-0.2, 0) is 16.8 Å². The van der Waals surface area contributed by atoms with Gasteiger partial charge < -0.3 is 9.47 Å². The molecule has 0 atom stereocenters. The SMILES string of the molecule is CC(C)(COCc1cc(F)cc(Oc2ccccc2)c1)c1ccc(Cl)cc1. The maximum Gasteiger partial charge on any atom is 0.130 e. The van der Waals surface area contributed by atoms with Gasteiger partial charge in [-0.3, -0.25) is 0 Å². The highest BCUT2D eigenvalue weighted by Crippen LogP contribution is 2.27. The van der Waals surface area contributed by atoms with E-state index >= 15 is 0 Å². The van der Waals surface area contributed by atoms with Crippen LogP contribution in [0.25, 0.3) is 0 Å². The molecule has 4 heteroatoms. The molecule has 0 spiro atoms. The van der Waals surface area contributed by atoms with E-state index in [-0.39, 0.29) is 11.2 Å². The summed E-state index contributed by atoms with van der Waals surface area (Å²) in [5.41, 5.74) is 1.69. The molecule has 0 N–H and O–H groups in total. The molecule has 0 amide bonds. The van der Waals surface area contributed by atoms with Crippen LogP contribution in [-0.4, -0.2) is 6.61 Å². The number of halogens is 2. The molecule has 0 aliphatic carbocycles. The first-order valence-corrected chi connectivity index (χ1v) is 9.16. The van der Waals surface area contributed by atoms with Gasteiger partial charge in [-0.15, -0.1) is 0 Å². The Morgan fingerprint density at radius 3 is 2.30 bits per heavy atom. The molecule has 0 saturated carbocycles. The summed E-state index contributed by atoms with van der Waals surface area (Å²) in [5, 5.41) is 0.709. The second-order valence-corrected chi connectivity index (χ2v) is 7.53. The van der Waals surface area contributed by atoms with Crippen LogP contribution >= 0.6 is 11.6 Å². The summed E-state index contributed by atoms with van der Waals surface area (Å²) >= 11 is 5.96.